The largest absolute Gasteiger partial charge is 0.312 e. The van der Waals surface area contributed by atoms with E-state index in [9.17, 15) is 4.79 Å². The lowest BCUT2D eigenvalue weighted by atomic mass is 10.1. The minimum atomic E-state index is -0.237. The third-order valence-electron chi connectivity index (χ3n) is 3.75. The van der Waals surface area contributed by atoms with Crippen LogP contribution in [0.15, 0.2) is 70.0 Å². The Morgan fingerprint density at radius 3 is 2.56 bits per heavy atom. The molecular formula is C19H19N5OS2. The molecule has 0 aliphatic heterocycles. The summed E-state index contributed by atoms with van der Waals surface area (Å²) < 4.78 is 1.87. The normalized spacial score (nSPS) is 11.0. The van der Waals surface area contributed by atoms with Crippen molar-refractivity contribution in [2.75, 3.05) is 6.26 Å². The fourth-order valence-corrected chi connectivity index (χ4v) is 3.48. The lowest BCUT2D eigenvalue weighted by Gasteiger charge is -2.03. The summed E-state index contributed by atoms with van der Waals surface area (Å²) in [5.41, 5.74) is 5.17. The maximum absolute atomic E-state index is 12.2. The summed E-state index contributed by atoms with van der Waals surface area (Å²) >= 11 is 3.28. The van der Waals surface area contributed by atoms with Crippen LogP contribution in [0.3, 0.4) is 0 Å². The number of rotatable bonds is 7. The second kappa shape index (κ2) is 9.38. The molecule has 0 aliphatic carbocycles. The Bertz CT molecular complexity index is 920. The van der Waals surface area contributed by atoms with Crippen molar-refractivity contribution >= 4 is 35.6 Å². The molecule has 0 radical (unpaired) electrons. The fourth-order valence-electron chi connectivity index (χ4n) is 2.22. The number of aromatic nitrogens is 3. The zero-order valence-corrected chi connectivity index (χ0v) is 16.6. The van der Waals surface area contributed by atoms with E-state index in [0.29, 0.717) is 5.56 Å². The fraction of sp³-hybridized carbons (Fsp3) is 0.158. The molecule has 3 aromatic rings. The van der Waals surface area contributed by atoms with Gasteiger partial charge in [-0.3, -0.25) is 4.79 Å². The van der Waals surface area contributed by atoms with E-state index < -0.39 is 0 Å². The lowest BCUT2D eigenvalue weighted by Crippen LogP contribution is -2.17. The average Bonchev–Trinajstić information content (AvgIpc) is 3.12. The maximum atomic E-state index is 12.2. The summed E-state index contributed by atoms with van der Waals surface area (Å²) in [5, 5.41) is 12.8. The van der Waals surface area contributed by atoms with Gasteiger partial charge in [0.15, 0.2) is 5.16 Å². The Morgan fingerprint density at radius 2 is 1.93 bits per heavy atom. The van der Waals surface area contributed by atoms with Crippen molar-refractivity contribution in [1.82, 2.24) is 20.2 Å². The average molecular weight is 398 g/mol. The van der Waals surface area contributed by atoms with Gasteiger partial charge in [-0.2, -0.15) is 5.10 Å². The number of hydrazone groups is 1. The van der Waals surface area contributed by atoms with Crippen molar-refractivity contribution in [3.63, 3.8) is 0 Å². The molecule has 138 valence electrons. The zero-order chi connectivity index (χ0) is 19.1. The van der Waals surface area contributed by atoms with Crippen LogP contribution < -0.4 is 5.43 Å². The topological polar surface area (TPSA) is 72.2 Å². The molecule has 0 saturated carbocycles. The molecule has 1 aromatic heterocycles. The number of thioether (sulfide) groups is 2. The molecule has 0 atom stereocenters. The highest BCUT2D eigenvalue weighted by Gasteiger charge is 2.06. The molecule has 3 rings (SSSR count). The quantitative estimate of drug-likeness (QED) is 0.375. The number of aryl methyl sites for hydroxylation is 1. The molecule has 0 saturated heterocycles. The van der Waals surface area contributed by atoms with Gasteiger partial charge in [0.25, 0.3) is 5.91 Å². The SMILES string of the molecule is CSc1ccc(/C=N\NC(=O)c2ccc(CSc3nncn3C)cc2)cc1. The van der Waals surface area contributed by atoms with Crippen molar-refractivity contribution in [3.05, 3.63) is 71.5 Å². The van der Waals surface area contributed by atoms with Crippen LogP contribution in [0.2, 0.25) is 0 Å². The molecule has 27 heavy (non-hydrogen) atoms. The summed E-state index contributed by atoms with van der Waals surface area (Å²) in [7, 11) is 1.91. The van der Waals surface area contributed by atoms with E-state index in [1.165, 1.54) is 4.90 Å². The zero-order valence-electron chi connectivity index (χ0n) is 15.0. The molecule has 2 aromatic carbocycles. The van der Waals surface area contributed by atoms with Crippen LogP contribution >= 0.6 is 23.5 Å². The lowest BCUT2D eigenvalue weighted by molar-refractivity contribution is 0.0955. The second-order valence-electron chi connectivity index (χ2n) is 5.68. The van der Waals surface area contributed by atoms with E-state index in [0.717, 1.165) is 22.0 Å². The summed E-state index contributed by atoms with van der Waals surface area (Å²) in [5.74, 6) is 0.526. The number of nitrogens with one attached hydrogen (secondary N) is 1. The summed E-state index contributed by atoms with van der Waals surface area (Å²) in [6.07, 6.45) is 5.34. The Hall–Kier alpha value is -2.58. The van der Waals surface area contributed by atoms with Gasteiger partial charge in [-0.15, -0.1) is 22.0 Å². The number of carbonyl (C=O) groups is 1. The predicted octanol–water partition coefficient (Wildman–Crippen LogP) is 3.59. The first kappa shape index (κ1) is 19.2. The minimum Gasteiger partial charge on any atom is -0.312 e. The van der Waals surface area contributed by atoms with Crippen molar-refractivity contribution in [3.8, 4) is 0 Å². The van der Waals surface area contributed by atoms with Gasteiger partial charge in [0.1, 0.15) is 6.33 Å². The second-order valence-corrected chi connectivity index (χ2v) is 7.50. The third-order valence-corrected chi connectivity index (χ3v) is 5.60. The molecule has 0 unspecified atom stereocenters. The van der Waals surface area contributed by atoms with Gasteiger partial charge in [0.2, 0.25) is 0 Å². The van der Waals surface area contributed by atoms with Gasteiger partial charge in [-0.1, -0.05) is 36.0 Å². The van der Waals surface area contributed by atoms with Crippen LogP contribution in [-0.4, -0.2) is 33.1 Å². The molecule has 0 aliphatic rings. The maximum Gasteiger partial charge on any atom is 0.271 e. The number of hydrogen-bond donors (Lipinski definition) is 1. The highest BCUT2D eigenvalue weighted by molar-refractivity contribution is 7.98. The molecule has 8 heteroatoms. The molecule has 0 bridgehead atoms. The smallest absolute Gasteiger partial charge is 0.271 e. The van der Waals surface area contributed by atoms with E-state index >= 15 is 0 Å². The minimum absolute atomic E-state index is 0.237. The summed E-state index contributed by atoms with van der Waals surface area (Å²) in [6, 6.07) is 15.4. The van der Waals surface area contributed by atoms with Crippen LogP contribution in [0.4, 0.5) is 0 Å². The third kappa shape index (κ3) is 5.45. The van der Waals surface area contributed by atoms with Gasteiger partial charge in [-0.05, 0) is 41.6 Å². The predicted molar refractivity (Wildman–Crippen MR) is 110 cm³/mol. The molecular weight excluding hydrogens is 378 g/mol. The van der Waals surface area contributed by atoms with Gasteiger partial charge >= 0.3 is 0 Å². The van der Waals surface area contributed by atoms with Gasteiger partial charge in [0.05, 0.1) is 6.21 Å². The summed E-state index contributed by atoms with van der Waals surface area (Å²) in [4.78, 5) is 13.4. The van der Waals surface area contributed by atoms with E-state index in [4.69, 9.17) is 0 Å². The van der Waals surface area contributed by atoms with Gasteiger partial charge < -0.3 is 4.57 Å². The van der Waals surface area contributed by atoms with E-state index in [1.54, 1.807) is 48.2 Å². The molecule has 0 fully saturated rings. The van der Waals surface area contributed by atoms with Crippen molar-refractivity contribution in [1.29, 1.82) is 0 Å². The first-order chi connectivity index (χ1) is 13.2. The number of carbonyl (C=O) groups excluding carboxylic acids is 1. The first-order valence-electron chi connectivity index (χ1n) is 8.19. The summed E-state index contributed by atoms with van der Waals surface area (Å²) in [6.45, 7) is 0. The van der Waals surface area contributed by atoms with E-state index in [1.807, 2.05) is 54.3 Å². The van der Waals surface area contributed by atoms with Crippen LogP contribution in [0.1, 0.15) is 21.5 Å². The first-order valence-corrected chi connectivity index (χ1v) is 10.4. The number of nitrogens with zero attached hydrogens (tertiary/aromatic N) is 4. The van der Waals surface area contributed by atoms with Crippen molar-refractivity contribution in [2.24, 2.45) is 12.1 Å². The van der Waals surface area contributed by atoms with Gasteiger partial charge in [0, 0.05) is 23.3 Å². The van der Waals surface area contributed by atoms with E-state index in [2.05, 4.69) is 20.7 Å². The van der Waals surface area contributed by atoms with Crippen molar-refractivity contribution < 1.29 is 4.79 Å². The molecule has 6 nitrogen and oxygen atoms in total. The Morgan fingerprint density at radius 1 is 1.19 bits per heavy atom. The molecule has 1 N–H and O–H groups in total. The van der Waals surface area contributed by atoms with E-state index in [-0.39, 0.29) is 5.91 Å². The monoisotopic (exact) mass is 397 g/mol. The standard InChI is InChI=1S/C19H19N5OS2/c1-24-13-21-23-19(24)27-12-15-3-7-16(8-4-15)18(25)22-20-11-14-5-9-17(26-2)10-6-14/h3-11,13H,12H2,1-2H3,(H,22,25)/b20-11-. The number of benzene rings is 2. The number of hydrogen-bond acceptors (Lipinski definition) is 6. The van der Waals surface area contributed by atoms with Crippen molar-refractivity contribution in [2.45, 2.75) is 15.8 Å². The number of amides is 1. The highest BCUT2D eigenvalue weighted by Crippen LogP contribution is 2.20. The molecule has 1 amide bonds. The van der Waals surface area contributed by atoms with Crippen LogP contribution in [0, 0.1) is 0 Å². The van der Waals surface area contributed by atoms with Crippen LogP contribution in [0.25, 0.3) is 0 Å². The van der Waals surface area contributed by atoms with Crippen LogP contribution in [-0.2, 0) is 12.8 Å². The highest BCUT2D eigenvalue weighted by atomic mass is 32.2. The van der Waals surface area contributed by atoms with Gasteiger partial charge in [-0.25, -0.2) is 5.43 Å². The Labute approximate surface area is 166 Å². The molecule has 0 spiro atoms. The Kier molecular flexibility index (Phi) is 6.67. The van der Waals surface area contributed by atoms with Crippen LogP contribution in [0.5, 0.6) is 0 Å². The Balaban J connectivity index is 1.52. The molecule has 1 heterocycles.